The van der Waals surface area contributed by atoms with Gasteiger partial charge in [0.1, 0.15) is 11.3 Å². The summed E-state index contributed by atoms with van der Waals surface area (Å²) in [5.74, 6) is -2.26. The molecule has 0 radical (unpaired) electrons. The Kier molecular flexibility index (Phi) is 5.15. The van der Waals surface area contributed by atoms with Crippen molar-refractivity contribution in [3.8, 4) is 5.75 Å². The molecule has 0 bridgehead atoms. The fraction of sp³-hybridized carbons (Fsp3) is 0.125. The van der Waals surface area contributed by atoms with Crippen molar-refractivity contribution in [2.45, 2.75) is 6.92 Å². The second kappa shape index (κ2) is 7.10. The van der Waals surface area contributed by atoms with Crippen LogP contribution < -0.4 is 0 Å². The summed E-state index contributed by atoms with van der Waals surface area (Å²) in [6.45, 7) is 1.64. The van der Waals surface area contributed by atoms with Crippen molar-refractivity contribution in [3.63, 3.8) is 0 Å². The Balaban J connectivity index is 2.57. The Hall–Kier alpha value is -2.93. The lowest BCUT2D eigenvalue weighted by molar-refractivity contribution is -0.385. The number of hydrogen-bond acceptors (Lipinski definition) is 6. The molecule has 0 aliphatic carbocycles. The average Bonchev–Trinajstić information content (AvgIpc) is 2.54. The molecule has 1 N–H and O–H groups in total. The lowest BCUT2D eigenvalue weighted by atomic mass is 9.99. The standard InChI is InChI=1S/C16H12ClNO6/c1-2-24-16(21)10-7-12(18(22)23)14(13(19)8-10)15(20)9-3-5-11(17)6-4-9/h3-8,19H,2H2,1H3. The summed E-state index contributed by atoms with van der Waals surface area (Å²) in [4.78, 5) is 34.6. The maximum atomic E-state index is 12.5. The van der Waals surface area contributed by atoms with Gasteiger partial charge in [-0.25, -0.2) is 4.79 Å². The largest absolute Gasteiger partial charge is 0.507 e. The van der Waals surface area contributed by atoms with Crippen molar-refractivity contribution >= 4 is 29.0 Å². The summed E-state index contributed by atoms with van der Waals surface area (Å²) >= 11 is 5.74. The molecule has 2 aromatic carbocycles. The van der Waals surface area contributed by atoms with Crippen molar-refractivity contribution < 1.29 is 24.4 Å². The Morgan fingerprint density at radius 3 is 2.38 bits per heavy atom. The topological polar surface area (TPSA) is 107 Å². The van der Waals surface area contributed by atoms with E-state index in [0.29, 0.717) is 5.02 Å². The van der Waals surface area contributed by atoms with E-state index >= 15 is 0 Å². The lowest BCUT2D eigenvalue weighted by Crippen LogP contribution is -2.10. The lowest BCUT2D eigenvalue weighted by Gasteiger charge is -2.08. The molecule has 0 saturated heterocycles. The third-order valence-electron chi connectivity index (χ3n) is 3.14. The summed E-state index contributed by atoms with van der Waals surface area (Å²) in [5, 5.41) is 21.7. The number of nitro groups is 1. The van der Waals surface area contributed by atoms with Gasteiger partial charge in [-0.15, -0.1) is 0 Å². The number of nitrogens with zero attached hydrogens (tertiary/aromatic N) is 1. The highest BCUT2D eigenvalue weighted by molar-refractivity contribution is 6.30. The predicted molar refractivity (Wildman–Crippen MR) is 85.6 cm³/mol. The molecule has 2 aromatic rings. The summed E-state index contributed by atoms with van der Waals surface area (Å²) in [7, 11) is 0. The van der Waals surface area contributed by atoms with Crippen molar-refractivity contribution in [1.29, 1.82) is 0 Å². The summed E-state index contributed by atoms with van der Waals surface area (Å²) in [6.07, 6.45) is 0. The Bertz CT molecular complexity index is 816. The minimum absolute atomic E-state index is 0.0683. The number of benzene rings is 2. The average molecular weight is 350 g/mol. The van der Waals surface area contributed by atoms with Crippen molar-refractivity contribution in [2.75, 3.05) is 6.61 Å². The first-order valence-corrected chi connectivity index (χ1v) is 7.21. The second-order valence-corrected chi connectivity index (χ2v) is 5.14. The fourth-order valence-corrected chi connectivity index (χ4v) is 2.19. The number of phenolic OH excluding ortho intramolecular Hbond substituents is 1. The molecule has 0 aliphatic rings. The molecule has 0 amide bonds. The number of carbonyl (C=O) groups is 2. The molecule has 8 heteroatoms. The van der Waals surface area contributed by atoms with Crippen LogP contribution in [0.3, 0.4) is 0 Å². The number of aromatic hydroxyl groups is 1. The number of nitro benzene ring substituents is 1. The number of carbonyl (C=O) groups excluding carboxylic acids is 2. The molecular weight excluding hydrogens is 338 g/mol. The van der Waals surface area contributed by atoms with Crippen LogP contribution in [0.4, 0.5) is 5.69 Å². The maximum Gasteiger partial charge on any atom is 0.338 e. The third kappa shape index (κ3) is 3.52. The van der Waals surface area contributed by atoms with E-state index in [4.69, 9.17) is 16.3 Å². The quantitative estimate of drug-likeness (QED) is 0.384. The van der Waals surface area contributed by atoms with Gasteiger partial charge in [0, 0.05) is 16.7 Å². The van der Waals surface area contributed by atoms with Gasteiger partial charge in [0.05, 0.1) is 17.1 Å². The summed E-state index contributed by atoms with van der Waals surface area (Å²) in [6, 6.07) is 7.53. The first kappa shape index (κ1) is 17.4. The first-order valence-electron chi connectivity index (χ1n) is 6.84. The van der Waals surface area contributed by atoms with Gasteiger partial charge in [-0.1, -0.05) is 11.6 Å². The molecule has 7 nitrogen and oxygen atoms in total. The van der Waals surface area contributed by atoms with Crippen LogP contribution in [0.15, 0.2) is 36.4 Å². The van der Waals surface area contributed by atoms with Gasteiger partial charge in [-0.3, -0.25) is 14.9 Å². The van der Waals surface area contributed by atoms with E-state index in [9.17, 15) is 24.8 Å². The molecule has 0 atom stereocenters. The molecule has 24 heavy (non-hydrogen) atoms. The van der Waals surface area contributed by atoms with Gasteiger partial charge in [0.25, 0.3) is 5.69 Å². The van der Waals surface area contributed by atoms with E-state index in [1.165, 1.54) is 24.3 Å². The first-order chi connectivity index (χ1) is 11.3. The molecule has 2 rings (SSSR count). The number of esters is 1. The fourth-order valence-electron chi connectivity index (χ4n) is 2.07. The van der Waals surface area contributed by atoms with Gasteiger partial charge in [-0.2, -0.15) is 0 Å². The number of halogens is 1. The van der Waals surface area contributed by atoms with Crippen molar-refractivity contribution in [3.05, 3.63) is 68.2 Å². The number of phenols is 1. The van der Waals surface area contributed by atoms with Gasteiger partial charge in [0.15, 0.2) is 0 Å². The zero-order valence-corrected chi connectivity index (χ0v) is 13.2. The van der Waals surface area contributed by atoms with Crippen LogP contribution in [0.2, 0.25) is 5.02 Å². The van der Waals surface area contributed by atoms with Crippen molar-refractivity contribution in [1.82, 2.24) is 0 Å². The minimum atomic E-state index is -0.842. The van der Waals surface area contributed by atoms with Crippen LogP contribution in [-0.2, 0) is 4.74 Å². The van der Waals surface area contributed by atoms with Gasteiger partial charge >= 0.3 is 5.97 Å². The van der Waals surface area contributed by atoms with E-state index in [2.05, 4.69) is 0 Å². The molecule has 0 heterocycles. The van der Waals surface area contributed by atoms with Crippen LogP contribution in [-0.4, -0.2) is 28.4 Å². The predicted octanol–water partition coefficient (Wildman–Crippen LogP) is 3.36. The molecule has 0 saturated carbocycles. The van der Waals surface area contributed by atoms with E-state index in [0.717, 1.165) is 12.1 Å². The van der Waals surface area contributed by atoms with Crippen LogP contribution >= 0.6 is 11.6 Å². The van der Waals surface area contributed by atoms with E-state index < -0.39 is 33.7 Å². The number of hydrogen-bond donors (Lipinski definition) is 1. The smallest absolute Gasteiger partial charge is 0.338 e. The van der Waals surface area contributed by atoms with Gasteiger partial charge < -0.3 is 9.84 Å². The SMILES string of the molecule is CCOC(=O)c1cc(O)c(C(=O)c2ccc(Cl)cc2)c([N+](=O)[O-])c1. The second-order valence-electron chi connectivity index (χ2n) is 4.70. The Morgan fingerprint density at radius 1 is 1.21 bits per heavy atom. The zero-order valence-electron chi connectivity index (χ0n) is 12.5. The molecule has 0 fully saturated rings. The highest BCUT2D eigenvalue weighted by Crippen LogP contribution is 2.32. The number of ketones is 1. The maximum absolute atomic E-state index is 12.5. The monoisotopic (exact) mass is 349 g/mol. The third-order valence-corrected chi connectivity index (χ3v) is 3.39. The molecular formula is C16H12ClNO6. The Labute approximate surface area is 141 Å². The van der Waals surface area contributed by atoms with E-state index in [1.807, 2.05) is 0 Å². The van der Waals surface area contributed by atoms with Gasteiger partial charge in [0.2, 0.25) is 5.78 Å². The molecule has 0 unspecified atom stereocenters. The number of ether oxygens (including phenoxy) is 1. The molecule has 0 spiro atoms. The van der Waals surface area contributed by atoms with Gasteiger partial charge in [-0.05, 0) is 37.3 Å². The molecule has 0 aliphatic heterocycles. The van der Waals surface area contributed by atoms with E-state index in [1.54, 1.807) is 6.92 Å². The van der Waals surface area contributed by atoms with E-state index in [-0.39, 0.29) is 17.7 Å². The van der Waals surface area contributed by atoms with Crippen LogP contribution in [0.1, 0.15) is 33.2 Å². The van der Waals surface area contributed by atoms with Crippen LogP contribution in [0.5, 0.6) is 5.75 Å². The normalized spacial score (nSPS) is 10.2. The number of rotatable bonds is 5. The zero-order chi connectivity index (χ0) is 17.9. The summed E-state index contributed by atoms with van der Waals surface area (Å²) in [5.41, 5.74) is -1.29. The summed E-state index contributed by atoms with van der Waals surface area (Å²) < 4.78 is 4.74. The molecule has 124 valence electrons. The highest BCUT2D eigenvalue weighted by Gasteiger charge is 2.28. The molecule has 0 aromatic heterocycles. The van der Waals surface area contributed by atoms with Crippen LogP contribution in [0, 0.1) is 10.1 Å². The minimum Gasteiger partial charge on any atom is -0.507 e. The van der Waals surface area contributed by atoms with Crippen LogP contribution in [0.25, 0.3) is 0 Å². The Morgan fingerprint density at radius 2 is 1.83 bits per heavy atom. The van der Waals surface area contributed by atoms with Crippen molar-refractivity contribution in [2.24, 2.45) is 0 Å². The highest BCUT2D eigenvalue weighted by atomic mass is 35.5.